The fraction of sp³-hybridized carbons (Fsp3) is 0.125. The number of rotatable bonds is 2. The van der Waals surface area contributed by atoms with Crippen LogP contribution in [0.1, 0.15) is 11.6 Å². The lowest BCUT2D eigenvalue weighted by Gasteiger charge is -2.09. The van der Waals surface area contributed by atoms with E-state index in [0.717, 1.165) is 3.57 Å². The molecule has 1 rings (SSSR count). The van der Waals surface area contributed by atoms with E-state index in [1.807, 2.05) is 0 Å². The summed E-state index contributed by atoms with van der Waals surface area (Å²) in [4.78, 5) is 10.6. The standard InChI is InChI=1S/C8H9IN2O2/c9-4-1-2-6(10)5(3-4)7(11)8(12)13/h1-3,7H,10-11H2,(H,12,13)/t7-/m0/s1. The largest absolute Gasteiger partial charge is 0.480 e. The molecule has 0 aliphatic carbocycles. The maximum absolute atomic E-state index is 10.6. The summed E-state index contributed by atoms with van der Waals surface area (Å²) in [5.74, 6) is -1.08. The highest BCUT2D eigenvalue weighted by Gasteiger charge is 2.16. The van der Waals surface area contributed by atoms with Crippen LogP contribution in [0.4, 0.5) is 5.69 Å². The number of carboxylic acids is 1. The average Bonchev–Trinajstić information content (AvgIpc) is 2.08. The number of nitrogens with two attached hydrogens (primary N) is 2. The Morgan fingerprint density at radius 3 is 2.69 bits per heavy atom. The Hall–Kier alpha value is -0.820. The van der Waals surface area contributed by atoms with E-state index in [1.165, 1.54) is 0 Å². The van der Waals surface area contributed by atoms with E-state index in [4.69, 9.17) is 16.6 Å². The van der Waals surface area contributed by atoms with Crippen molar-refractivity contribution in [1.82, 2.24) is 0 Å². The SMILES string of the molecule is Nc1ccc(I)cc1[C@H](N)C(=O)O. The summed E-state index contributed by atoms with van der Waals surface area (Å²) >= 11 is 2.07. The van der Waals surface area contributed by atoms with Gasteiger partial charge in [0, 0.05) is 14.8 Å². The van der Waals surface area contributed by atoms with E-state index < -0.39 is 12.0 Å². The van der Waals surface area contributed by atoms with Crippen molar-refractivity contribution in [2.24, 2.45) is 5.73 Å². The number of aliphatic carboxylic acids is 1. The number of benzene rings is 1. The van der Waals surface area contributed by atoms with E-state index in [1.54, 1.807) is 18.2 Å². The molecule has 1 aromatic carbocycles. The molecule has 1 aromatic rings. The molecule has 5 N–H and O–H groups in total. The Kier molecular flexibility index (Phi) is 3.10. The van der Waals surface area contributed by atoms with Crippen molar-refractivity contribution in [3.63, 3.8) is 0 Å². The van der Waals surface area contributed by atoms with Crippen LogP contribution >= 0.6 is 22.6 Å². The third-order valence-corrected chi connectivity index (χ3v) is 2.32. The van der Waals surface area contributed by atoms with E-state index in [9.17, 15) is 4.79 Å². The molecule has 0 aliphatic rings. The minimum absolute atomic E-state index is 0.412. The molecule has 0 unspecified atom stereocenters. The lowest BCUT2D eigenvalue weighted by atomic mass is 10.1. The zero-order valence-corrected chi connectivity index (χ0v) is 8.86. The first-order chi connectivity index (χ1) is 6.02. The molecule has 0 radical (unpaired) electrons. The molecule has 0 fully saturated rings. The molecule has 0 bridgehead atoms. The van der Waals surface area contributed by atoms with Gasteiger partial charge in [-0.05, 0) is 40.8 Å². The van der Waals surface area contributed by atoms with Gasteiger partial charge < -0.3 is 16.6 Å². The number of anilines is 1. The highest BCUT2D eigenvalue weighted by molar-refractivity contribution is 14.1. The van der Waals surface area contributed by atoms with Gasteiger partial charge in [0.05, 0.1) is 0 Å². The van der Waals surface area contributed by atoms with Gasteiger partial charge in [-0.2, -0.15) is 0 Å². The highest BCUT2D eigenvalue weighted by Crippen LogP contribution is 2.21. The maximum atomic E-state index is 10.6. The first-order valence-corrected chi connectivity index (χ1v) is 4.63. The predicted octanol–water partition coefficient (Wildman–Crippen LogP) is 0.958. The van der Waals surface area contributed by atoms with Crippen LogP contribution in [0.5, 0.6) is 0 Å². The number of hydrogen-bond donors (Lipinski definition) is 3. The summed E-state index contributed by atoms with van der Waals surface area (Å²) in [7, 11) is 0. The molecule has 0 aromatic heterocycles. The van der Waals surface area contributed by atoms with Crippen LogP contribution in [0.2, 0.25) is 0 Å². The van der Waals surface area contributed by atoms with Gasteiger partial charge in [-0.15, -0.1) is 0 Å². The van der Waals surface area contributed by atoms with Gasteiger partial charge in [-0.3, -0.25) is 4.79 Å². The Labute approximate surface area is 89.1 Å². The molecular formula is C8H9IN2O2. The van der Waals surface area contributed by atoms with Gasteiger partial charge in [0.2, 0.25) is 0 Å². The number of hydrogen-bond acceptors (Lipinski definition) is 3. The fourth-order valence-corrected chi connectivity index (χ4v) is 1.46. The first kappa shape index (κ1) is 10.3. The van der Waals surface area contributed by atoms with Crippen LogP contribution in [0.25, 0.3) is 0 Å². The van der Waals surface area contributed by atoms with Gasteiger partial charge >= 0.3 is 5.97 Å². The van der Waals surface area contributed by atoms with Crippen molar-refractivity contribution in [2.45, 2.75) is 6.04 Å². The van der Waals surface area contributed by atoms with Crippen LogP contribution in [-0.4, -0.2) is 11.1 Å². The van der Waals surface area contributed by atoms with Crippen molar-refractivity contribution in [1.29, 1.82) is 0 Å². The van der Waals surface area contributed by atoms with Gasteiger partial charge in [0.1, 0.15) is 6.04 Å². The number of nitrogen functional groups attached to an aromatic ring is 1. The summed E-state index contributed by atoms with van der Waals surface area (Å²) in [5, 5.41) is 8.67. The molecule has 4 nitrogen and oxygen atoms in total. The summed E-state index contributed by atoms with van der Waals surface area (Å²) in [5.41, 5.74) is 11.9. The Bertz CT molecular complexity index is 341. The van der Waals surface area contributed by atoms with Gasteiger partial charge in [-0.25, -0.2) is 0 Å². The average molecular weight is 292 g/mol. The van der Waals surface area contributed by atoms with Crippen molar-refractivity contribution in [2.75, 3.05) is 5.73 Å². The summed E-state index contributed by atoms with van der Waals surface area (Å²) in [6.07, 6.45) is 0. The molecule has 13 heavy (non-hydrogen) atoms. The molecule has 0 spiro atoms. The molecular weight excluding hydrogens is 283 g/mol. The molecule has 0 heterocycles. The Morgan fingerprint density at radius 2 is 2.15 bits per heavy atom. The zero-order chi connectivity index (χ0) is 10.0. The monoisotopic (exact) mass is 292 g/mol. The van der Waals surface area contributed by atoms with Crippen molar-refractivity contribution in [3.8, 4) is 0 Å². The second-order valence-corrected chi connectivity index (χ2v) is 3.83. The Balaban J connectivity index is 3.12. The van der Waals surface area contributed by atoms with E-state index >= 15 is 0 Å². The summed E-state index contributed by atoms with van der Waals surface area (Å²) in [6.45, 7) is 0. The van der Waals surface area contributed by atoms with E-state index in [0.29, 0.717) is 11.3 Å². The zero-order valence-electron chi connectivity index (χ0n) is 6.70. The first-order valence-electron chi connectivity index (χ1n) is 3.55. The molecule has 0 saturated carbocycles. The van der Waals surface area contributed by atoms with Gasteiger partial charge in [0.15, 0.2) is 0 Å². The summed E-state index contributed by atoms with van der Waals surface area (Å²) < 4.78 is 0.915. The van der Waals surface area contributed by atoms with Crippen molar-refractivity contribution < 1.29 is 9.90 Å². The lowest BCUT2D eigenvalue weighted by molar-refractivity contribution is -0.138. The molecule has 0 amide bonds. The smallest absolute Gasteiger partial charge is 0.325 e. The molecule has 5 heteroatoms. The Morgan fingerprint density at radius 1 is 1.54 bits per heavy atom. The van der Waals surface area contributed by atoms with Crippen molar-refractivity contribution in [3.05, 3.63) is 27.3 Å². The summed E-state index contributed by atoms with van der Waals surface area (Å²) in [6, 6.07) is 4.08. The van der Waals surface area contributed by atoms with Crippen LogP contribution < -0.4 is 11.5 Å². The quantitative estimate of drug-likeness (QED) is 0.559. The molecule has 0 saturated heterocycles. The topological polar surface area (TPSA) is 89.3 Å². The number of halogens is 1. The highest BCUT2D eigenvalue weighted by atomic mass is 127. The minimum atomic E-state index is -1.08. The number of carbonyl (C=O) groups is 1. The normalized spacial score (nSPS) is 12.5. The second kappa shape index (κ2) is 3.93. The molecule has 0 aliphatic heterocycles. The maximum Gasteiger partial charge on any atom is 0.325 e. The third kappa shape index (κ3) is 2.31. The second-order valence-electron chi connectivity index (χ2n) is 2.59. The predicted molar refractivity (Wildman–Crippen MR) is 58.1 cm³/mol. The van der Waals surface area contributed by atoms with Gasteiger partial charge in [0.25, 0.3) is 0 Å². The van der Waals surface area contributed by atoms with Gasteiger partial charge in [-0.1, -0.05) is 0 Å². The minimum Gasteiger partial charge on any atom is -0.480 e. The molecule has 70 valence electrons. The van der Waals surface area contributed by atoms with Crippen LogP contribution in [0.3, 0.4) is 0 Å². The van der Waals surface area contributed by atoms with Crippen LogP contribution in [-0.2, 0) is 4.79 Å². The van der Waals surface area contributed by atoms with Crippen molar-refractivity contribution >= 4 is 34.2 Å². The number of carboxylic acid groups (broad SMARTS) is 1. The van der Waals surface area contributed by atoms with E-state index in [2.05, 4.69) is 22.6 Å². The fourth-order valence-electron chi connectivity index (χ4n) is 0.948. The van der Waals surface area contributed by atoms with Crippen LogP contribution in [0.15, 0.2) is 18.2 Å². The van der Waals surface area contributed by atoms with Crippen LogP contribution in [0, 0.1) is 3.57 Å². The lowest BCUT2D eigenvalue weighted by Crippen LogP contribution is -2.21. The molecule has 1 atom stereocenters. The van der Waals surface area contributed by atoms with E-state index in [-0.39, 0.29) is 0 Å². The third-order valence-electron chi connectivity index (χ3n) is 1.65.